The molecule has 2 aliphatic heterocycles. The van der Waals surface area contributed by atoms with Crippen molar-refractivity contribution in [1.29, 1.82) is 0 Å². The second kappa shape index (κ2) is 15.3. The van der Waals surface area contributed by atoms with Gasteiger partial charge in [0.25, 0.3) is 24.4 Å². The third-order valence-corrected chi connectivity index (χ3v) is 5.52. The molecule has 0 aromatic carbocycles. The predicted octanol–water partition coefficient (Wildman–Crippen LogP) is -3.44. The monoisotopic (exact) mass is 646 g/mol. The number of ether oxygens (including phenoxy) is 5. The highest BCUT2D eigenvalue weighted by Crippen LogP contribution is 2.34. The highest BCUT2D eigenvalue weighted by Gasteiger charge is 2.63. The van der Waals surface area contributed by atoms with Crippen LogP contribution in [0.1, 0.15) is 0 Å². The molecule has 2 aliphatic rings. The fourth-order valence-electron chi connectivity index (χ4n) is 4.08. The summed E-state index contributed by atoms with van der Waals surface area (Å²) in [6.07, 6.45) is -19.9. The zero-order valence-corrected chi connectivity index (χ0v) is 21.5. The first-order chi connectivity index (χ1) is 20.2. The third-order valence-electron chi connectivity index (χ3n) is 5.52. The van der Waals surface area contributed by atoms with Gasteiger partial charge in [-0.25, -0.2) is 31.2 Å². The lowest BCUT2D eigenvalue weighted by molar-refractivity contribution is -1.00. The van der Waals surface area contributed by atoms with Crippen LogP contribution in [0.25, 0.3) is 0 Å². The number of nitrogens with zero attached hydrogens (tertiary/aromatic N) is 6. The molecule has 0 bridgehead atoms. The maximum Gasteiger partial charge on any atom is 0.475 e. The molecule has 2 heterocycles. The Balaban J connectivity index is 2.64. The van der Waals surface area contributed by atoms with Crippen LogP contribution in [-0.2, 0) is 52.7 Å². The second-order valence-corrected chi connectivity index (χ2v) is 7.92. The van der Waals surface area contributed by atoms with Gasteiger partial charge < -0.3 is 23.7 Å². The predicted molar refractivity (Wildman–Crippen MR) is 104 cm³/mol. The Hall–Kier alpha value is -5.00. The molecule has 6 N–H and O–H groups in total. The molecule has 0 amide bonds. The summed E-state index contributed by atoms with van der Waals surface area (Å²) in [5, 5.41) is 47.7. The summed E-state index contributed by atoms with van der Waals surface area (Å²) in [4.78, 5) is 94.6. The quantitative estimate of drug-likeness (QED) is 0.0788. The molecule has 0 saturated carbocycles. The second-order valence-electron chi connectivity index (χ2n) is 7.92. The number of hydrogen-bond acceptors (Lipinski definition) is 17. The minimum Gasteiger partial charge on any atom is -0.374 e. The van der Waals surface area contributed by atoms with Gasteiger partial charge in [0.15, 0.2) is 13.2 Å². The van der Waals surface area contributed by atoms with Gasteiger partial charge in [0.1, 0.15) is 53.9 Å². The topological polar surface area (TPSA) is 343 Å². The van der Waals surface area contributed by atoms with Crippen LogP contribution in [0.5, 0.6) is 0 Å². The van der Waals surface area contributed by atoms with Crippen molar-refractivity contribution in [3.63, 3.8) is 0 Å². The first kappa shape index (κ1) is 34.2. The van der Waals surface area contributed by atoms with Crippen LogP contribution in [0.15, 0.2) is 0 Å². The van der Waals surface area contributed by atoms with Crippen LogP contribution in [0.3, 0.4) is 0 Å². The minimum absolute atomic E-state index is 0.948. The van der Waals surface area contributed by atoms with Crippen LogP contribution < -0.4 is 0 Å². The number of rotatable bonds is 18. The van der Waals surface area contributed by atoms with Gasteiger partial charge in [-0.2, -0.15) is 29.0 Å². The van der Waals surface area contributed by atoms with Crippen molar-refractivity contribution in [3.8, 4) is 0 Å². The van der Waals surface area contributed by atoms with E-state index >= 15 is 0 Å². The van der Waals surface area contributed by atoms with Crippen molar-refractivity contribution in [2.75, 3.05) is 27.4 Å². The SMILES string of the molecule is COC1O[C@@H](CO[N+](=O)O)[C@@H](OC2OC(CO[N+](=O)O)[C@@H](OC)[C@H](O[N+](=O)O)[C@@H]2O[N+](=O)O)C(O[N+](=O)O)C1O[N+](=O)O. The largest absolute Gasteiger partial charge is 0.475 e. The fraction of sp³-hybridized carbons (Fsp3) is 1.00. The lowest BCUT2D eigenvalue weighted by Gasteiger charge is -2.43. The number of methoxy groups -OCH3 is 2. The van der Waals surface area contributed by atoms with E-state index in [1.54, 1.807) is 0 Å². The summed E-state index contributed by atoms with van der Waals surface area (Å²) in [5.41, 5.74) is 0. The first-order valence-electron chi connectivity index (χ1n) is 11.1. The van der Waals surface area contributed by atoms with Crippen LogP contribution in [0.4, 0.5) is 0 Å². The summed E-state index contributed by atoms with van der Waals surface area (Å²) < 4.78 is 26.6. The molecule has 2 rings (SSSR count). The van der Waals surface area contributed by atoms with Crippen molar-refractivity contribution in [2.45, 2.75) is 61.4 Å². The minimum atomic E-state index is -2.26. The molecule has 29 nitrogen and oxygen atoms in total. The van der Waals surface area contributed by atoms with E-state index < -0.39 is 105 Å². The molecule has 0 radical (unpaired) electrons. The van der Waals surface area contributed by atoms with Gasteiger partial charge in [-0.05, 0) is 0 Å². The molecule has 0 spiro atoms. The smallest absolute Gasteiger partial charge is 0.374 e. The lowest BCUT2D eigenvalue weighted by atomic mass is 9.96. The standard InChI is InChI=1S/C14H26N6O23/c1-33-7-5(3-35-15(21)22)38-14(12(43-20(31)32)9(7)40-17(25)26)39-8-6(4-36-16(23)24)37-13(34-2)11(42-19(29)30)10(8)41-18(27)28/h5-14H,3-4H2,1-2H3,(H,21,22)(H,23,24)(H,25,26)(H,27,28)(H,29,30)(H,31,32)/q+6/t5?,6-,7+,8+,9-,10?,11?,12-,13?,14?/m0/s1. The lowest BCUT2D eigenvalue weighted by Crippen LogP contribution is -2.67. The Morgan fingerprint density at radius 2 is 0.860 bits per heavy atom. The van der Waals surface area contributed by atoms with Gasteiger partial charge in [0.2, 0.25) is 12.6 Å². The van der Waals surface area contributed by atoms with Crippen molar-refractivity contribution >= 4 is 0 Å². The summed E-state index contributed by atoms with van der Waals surface area (Å²) in [5.74, 6) is 0. The molecular weight excluding hydrogens is 620 g/mol. The zero-order chi connectivity index (χ0) is 32.4. The molecule has 43 heavy (non-hydrogen) atoms. The zero-order valence-electron chi connectivity index (χ0n) is 21.5. The molecule has 5 unspecified atom stereocenters. The Labute approximate surface area is 233 Å². The van der Waals surface area contributed by atoms with Crippen LogP contribution in [-0.4, -0.2) is 151 Å². The highest BCUT2D eigenvalue weighted by molar-refractivity contribution is 4.95. The average molecular weight is 646 g/mol. The van der Waals surface area contributed by atoms with E-state index in [1.165, 1.54) is 0 Å². The Bertz CT molecular complexity index is 1030. The third kappa shape index (κ3) is 9.52. The summed E-state index contributed by atoms with van der Waals surface area (Å²) in [6.45, 7) is -2.00. The maximum atomic E-state index is 11.5. The fourth-order valence-corrected chi connectivity index (χ4v) is 4.08. The normalized spacial score (nSPS) is 32.0. The van der Waals surface area contributed by atoms with Gasteiger partial charge in [-0.15, -0.1) is 0 Å². The molecule has 10 atom stereocenters. The van der Waals surface area contributed by atoms with Gasteiger partial charge in [0.05, 0.1) is 0 Å². The van der Waals surface area contributed by atoms with Crippen molar-refractivity contribution < 1.29 is 114 Å². The molecule has 2 saturated heterocycles. The van der Waals surface area contributed by atoms with Crippen LogP contribution in [0, 0.1) is 29.4 Å². The van der Waals surface area contributed by atoms with Crippen LogP contribution >= 0.6 is 0 Å². The highest BCUT2D eigenvalue weighted by atomic mass is 17.0. The molecule has 2 fully saturated rings. The molecular formula is C14H26N6O23+6. The van der Waals surface area contributed by atoms with Crippen molar-refractivity contribution in [1.82, 2.24) is 0 Å². The Kier molecular flexibility index (Phi) is 12.2. The molecule has 244 valence electrons. The van der Waals surface area contributed by atoms with Gasteiger partial charge in [-0.1, -0.05) is 0 Å². The Morgan fingerprint density at radius 3 is 1.26 bits per heavy atom. The average Bonchev–Trinajstić information content (AvgIpc) is 2.89. The number of hydrogen-bond donors (Lipinski definition) is 6. The van der Waals surface area contributed by atoms with Gasteiger partial charge >= 0.3 is 30.5 Å². The van der Waals surface area contributed by atoms with E-state index in [0.29, 0.717) is 0 Å². The Morgan fingerprint density at radius 1 is 0.488 bits per heavy atom. The van der Waals surface area contributed by atoms with E-state index in [2.05, 4.69) is 29.0 Å². The summed E-state index contributed by atoms with van der Waals surface area (Å²) in [7, 11) is 1.91. The van der Waals surface area contributed by atoms with E-state index in [0.717, 1.165) is 14.2 Å². The maximum absolute atomic E-state index is 11.5. The van der Waals surface area contributed by atoms with Crippen molar-refractivity contribution in [2.24, 2.45) is 0 Å². The molecule has 0 aromatic heterocycles. The van der Waals surface area contributed by atoms with E-state index in [1.807, 2.05) is 0 Å². The first-order valence-corrected chi connectivity index (χ1v) is 11.1. The van der Waals surface area contributed by atoms with Crippen LogP contribution in [0.2, 0.25) is 0 Å². The summed E-state index contributed by atoms with van der Waals surface area (Å²) in [6, 6.07) is 0. The molecule has 0 aliphatic carbocycles. The van der Waals surface area contributed by atoms with Crippen molar-refractivity contribution in [3.05, 3.63) is 29.4 Å². The van der Waals surface area contributed by atoms with E-state index in [-0.39, 0.29) is 0 Å². The molecule has 29 heteroatoms. The molecule has 0 aromatic rings. The van der Waals surface area contributed by atoms with Gasteiger partial charge in [-0.3, -0.25) is 0 Å². The van der Waals surface area contributed by atoms with E-state index in [9.17, 15) is 45.1 Å². The van der Waals surface area contributed by atoms with Gasteiger partial charge in [0, 0.05) is 14.2 Å². The van der Waals surface area contributed by atoms with E-state index in [4.69, 9.17) is 39.3 Å². The summed E-state index contributed by atoms with van der Waals surface area (Å²) >= 11 is 0.